The molecule has 2 aromatic heterocycles. The minimum atomic E-state index is -2.96. The highest BCUT2D eigenvalue weighted by molar-refractivity contribution is 5.97. The van der Waals surface area contributed by atoms with Crippen molar-refractivity contribution >= 4 is 17.0 Å². The molecule has 3 aromatic rings. The number of aromatic nitrogens is 1. The fraction of sp³-hybridized carbons (Fsp3) is 0.400. The van der Waals surface area contributed by atoms with Gasteiger partial charge in [0.25, 0.3) is 11.8 Å². The molecule has 1 N–H and O–H groups in total. The Hall–Kier alpha value is -3.38. The number of pyridine rings is 1. The maximum atomic E-state index is 13.9. The van der Waals surface area contributed by atoms with Gasteiger partial charge in [-0.15, -0.1) is 0 Å². The van der Waals surface area contributed by atoms with Gasteiger partial charge in [0.05, 0.1) is 22.7 Å². The first-order chi connectivity index (χ1) is 16.0. The van der Waals surface area contributed by atoms with Gasteiger partial charge in [-0.2, -0.15) is 5.26 Å². The number of rotatable bonds is 3. The lowest BCUT2D eigenvalue weighted by molar-refractivity contribution is -0.108. The van der Waals surface area contributed by atoms with Crippen molar-refractivity contribution in [1.29, 1.82) is 5.26 Å². The molecule has 3 heterocycles. The molecule has 2 aliphatic rings. The molecular weight excluding hydrogens is 445 g/mol. The molecule has 0 atom stereocenters. The van der Waals surface area contributed by atoms with E-state index < -0.39 is 35.5 Å². The Kier molecular flexibility index (Phi) is 4.99. The van der Waals surface area contributed by atoms with Gasteiger partial charge in [-0.05, 0) is 44.2 Å². The summed E-state index contributed by atoms with van der Waals surface area (Å²) in [5.41, 5.74) is -0.267. The molecular formula is C25H23F3N4O2. The van der Waals surface area contributed by atoms with E-state index in [1.165, 1.54) is 30.3 Å². The van der Waals surface area contributed by atoms with Crippen LogP contribution in [0.2, 0.25) is 0 Å². The zero-order valence-corrected chi connectivity index (χ0v) is 18.8. The fourth-order valence-electron chi connectivity index (χ4n) is 4.90. The number of amides is 1. The molecule has 2 fully saturated rings. The van der Waals surface area contributed by atoms with Gasteiger partial charge in [-0.3, -0.25) is 4.79 Å². The molecule has 9 heteroatoms. The van der Waals surface area contributed by atoms with E-state index in [1.807, 2.05) is 13.8 Å². The molecule has 1 aliphatic carbocycles. The van der Waals surface area contributed by atoms with Gasteiger partial charge in [0.2, 0.25) is 0 Å². The Morgan fingerprint density at radius 1 is 1.21 bits per heavy atom. The third kappa shape index (κ3) is 3.62. The van der Waals surface area contributed by atoms with Crippen LogP contribution in [0.25, 0.3) is 22.4 Å². The standard InChI is InChI=1S/C25H23F3N4O2/c1-23(2)14-30-7-8-32(23)22(33)20-10-19-21(34-20)17(24(13-29)11-25(27,28)12-24)9-18(31-19)15-3-5-16(26)6-4-15/h3-6,9-10,30H,7-8,11-12,14H2,1-2H3. The Morgan fingerprint density at radius 3 is 2.53 bits per heavy atom. The number of hydrogen-bond acceptors (Lipinski definition) is 5. The van der Waals surface area contributed by atoms with Crippen LogP contribution in [0.1, 0.15) is 42.8 Å². The number of nitrogens with zero attached hydrogens (tertiary/aromatic N) is 3. The van der Waals surface area contributed by atoms with Crippen molar-refractivity contribution < 1.29 is 22.4 Å². The normalized spacial score (nSPS) is 20.5. The average molecular weight is 468 g/mol. The van der Waals surface area contributed by atoms with Crippen LogP contribution >= 0.6 is 0 Å². The number of carbonyl (C=O) groups is 1. The number of benzene rings is 1. The summed E-state index contributed by atoms with van der Waals surface area (Å²) >= 11 is 0. The SMILES string of the molecule is CC1(C)CNCCN1C(=O)c1cc2nc(-c3ccc(F)cc3)cc(C3(C#N)CC(F)(F)C3)c2o1. The van der Waals surface area contributed by atoms with E-state index in [4.69, 9.17) is 4.42 Å². The zero-order valence-electron chi connectivity index (χ0n) is 18.8. The van der Waals surface area contributed by atoms with Crippen LogP contribution in [-0.2, 0) is 5.41 Å². The molecule has 0 spiro atoms. The predicted molar refractivity (Wildman–Crippen MR) is 119 cm³/mol. The van der Waals surface area contributed by atoms with Gasteiger partial charge in [-0.25, -0.2) is 18.2 Å². The van der Waals surface area contributed by atoms with Crippen LogP contribution < -0.4 is 5.32 Å². The van der Waals surface area contributed by atoms with E-state index in [-0.39, 0.29) is 28.3 Å². The van der Waals surface area contributed by atoms with Crippen molar-refractivity contribution in [3.63, 3.8) is 0 Å². The van der Waals surface area contributed by atoms with Crippen LogP contribution in [0.5, 0.6) is 0 Å². The van der Waals surface area contributed by atoms with Gasteiger partial charge < -0.3 is 14.6 Å². The predicted octanol–water partition coefficient (Wildman–Crippen LogP) is 4.65. The number of nitriles is 1. The molecule has 1 aromatic carbocycles. The molecule has 176 valence electrons. The Bertz CT molecular complexity index is 1320. The first-order valence-electron chi connectivity index (χ1n) is 11.1. The number of carbonyl (C=O) groups excluding carboxylic acids is 1. The molecule has 0 radical (unpaired) electrons. The van der Waals surface area contributed by atoms with E-state index in [0.717, 1.165) is 0 Å². The van der Waals surface area contributed by atoms with Crippen LogP contribution in [0.3, 0.4) is 0 Å². The number of hydrogen-bond donors (Lipinski definition) is 1. The van der Waals surface area contributed by atoms with Crippen LogP contribution in [0.4, 0.5) is 13.2 Å². The monoisotopic (exact) mass is 468 g/mol. The Morgan fingerprint density at radius 2 is 1.91 bits per heavy atom. The van der Waals surface area contributed by atoms with Crippen molar-refractivity contribution in [3.8, 4) is 17.3 Å². The molecule has 1 saturated carbocycles. The first kappa shape index (κ1) is 22.4. The summed E-state index contributed by atoms with van der Waals surface area (Å²) < 4.78 is 47.2. The number of alkyl halides is 2. The van der Waals surface area contributed by atoms with Crippen molar-refractivity contribution in [2.75, 3.05) is 19.6 Å². The highest BCUT2D eigenvalue weighted by atomic mass is 19.3. The van der Waals surface area contributed by atoms with E-state index in [9.17, 15) is 23.2 Å². The van der Waals surface area contributed by atoms with Crippen LogP contribution in [-0.4, -0.2) is 46.9 Å². The third-order valence-electron chi connectivity index (χ3n) is 6.73. The molecule has 6 nitrogen and oxygen atoms in total. The first-order valence-corrected chi connectivity index (χ1v) is 11.1. The Labute approximate surface area is 194 Å². The average Bonchev–Trinajstić information content (AvgIpc) is 3.20. The Balaban J connectivity index is 1.66. The topological polar surface area (TPSA) is 82.2 Å². The lowest BCUT2D eigenvalue weighted by Gasteiger charge is -2.42. The van der Waals surface area contributed by atoms with Gasteiger partial charge >= 0.3 is 0 Å². The highest BCUT2D eigenvalue weighted by Gasteiger charge is 2.59. The minimum Gasteiger partial charge on any atom is -0.449 e. The second-order valence-electron chi connectivity index (χ2n) is 9.74. The summed E-state index contributed by atoms with van der Waals surface area (Å²) in [5.74, 6) is -3.68. The lowest BCUT2D eigenvalue weighted by Crippen LogP contribution is -2.59. The number of furan rings is 1. The van der Waals surface area contributed by atoms with Crippen molar-refractivity contribution in [3.05, 3.63) is 53.5 Å². The maximum absolute atomic E-state index is 13.9. The number of halogens is 3. The van der Waals surface area contributed by atoms with Crippen molar-refractivity contribution in [1.82, 2.24) is 15.2 Å². The smallest absolute Gasteiger partial charge is 0.290 e. The maximum Gasteiger partial charge on any atom is 0.290 e. The summed E-state index contributed by atoms with van der Waals surface area (Å²) in [6.07, 6.45) is -1.29. The highest BCUT2D eigenvalue weighted by Crippen LogP contribution is 2.55. The summed E-state index contributed by atoms with van der Waals surface area (Å²) in [6, 6.07) is 10.7. The summed E-state index contributed by atoms with van der Waals surface area (Å²) in [6.45, 7) is 5.62. The molecule has 1 aliphatic heterocycles. The summed E-state index contributed by atoms with van der Waals surface area (Å²) in [5, 5.41) is 13.1. The summed E-state index contributed by atoms with van der Waals surface area (Å²) in [7, 11) is 0. The molecule has 1 saturated heterocycles. The van der Waals surface area contributed by atoms with Gasteiger partial charge in [-0.1, -0.05) is 0 Å². The van der Waals surface area contributed by atoms with E-state index >= 15 is 0 Å². The largest absolute Gasteiger partial charge is 0.449 e. The van der Waals surface area contributed by atoms with E-state index in [0.29, 0.717) is 30.9 Å². The minimum absolute atomic E-state index is 0.0363. The quantitative estimate of drug-likeness (QED) is 0.605. The van der Waals surface area contributed by atoms with Crippen LogP contribution in [0, 0.1) is 17.1 Å². The molecule has 34 heavy (non-hydrogen) atoms. The van der Waals surface area contributed by atoms with E-state index in [1.54, 1.807) is 11.0 Å². The molecule has 0 unspecified atom stereocenters. The third-order valence-corrected chi connectivity index (χ3v) is 6.73. The molecule has 1 amide bonds. The van der Waals surface area contributed by atoms with E-state index in [2.05, 4.69) is 16.4 Å². The zero-order chi connectivity index (χ0) is 24.3. The number of fused-ring (bicyclic) bond motifs is 1. The van der Waals surface area contributed by atoms with Gasteiger partial charge in [0, 0.05) is 49.7 Å². The lowest BCUT2D eigenvalue weighted by atomic mass is 9.63. The van der Waals surface area contributed by atoms with Crippen LogP contribution in [0.15, 0.2) is 40.8 Å². The number of piperazine rings is 1. The second kappa shape index (κ2) is 7.57. The van der Waals surface area contributed by atoms with Gasteiger partial charge in [0.15, 0.2) is 11.3 Å². The molecule has 0 bridgehead atoms. The van der Waals surface area contributed by atoms with Crippen molar-refractivity contribution in [2.45, 2.75) is 43.6 Å². The summed E-state index contributed by atoms with van der Waals surface area (Å²) in [4.78, 5) is 19.6. The van der Waals surface area contributed by atoms with Gasteiger partial charge in [0.1, 0.15) is 11.3 Å². The number of nitrogens with one attached hydrogen (secondary N) is 1. The second-order valence-corrected chi connectivity index (χ2v) is 9.74. The fourth-order valence-corrected chi connectivity index (χ4v) is 4.90. The molecule has 5 rings (SSSR count). The van der Waals surface area contributed by atoms with Crippen molar-refractivity contribution in [2.24, 2.45) is 0 Å².